The third-order valence-electron chi connectivity index (χ3n) is 4.98. The van der Waals surface area contributed by atoms with Crippen molar-refractivity contribution in [3.63, 3.8) is 0 Å². The highest BCUT2D eigenvalue weighted by Gasteiger charge is 2.43. The van der Waals surface area contributed by atoms with Crippen LogP contribution in [-0.2, 0) is 11.3 Å². The van der Waals surface area contributed by atoms with E-state index in [-0.39, 0.29) is 30.2 Å². The van der Waals surface area contributed by atoms with Crippen LogP contribution in [0.25, 0.3) is 11.3 Å². The Morgan fingerprint density at radius 3 is 2.62 bits per heavy atom. The van der Waals surface area contributed by atoms with E-state index in [1.165, 1.54) is 24.3 Å². The van der Waals surface area contributed by atoms with E-state index >= 15 is 0 Å². The lowest BCUT2D eigenvalue weighted by atomic mass is 10.0. The van der Waals surface area contributed by atoms with Crippen molar-refractivity contribution in [1.29, 1.82) is 0 Å². The van der Waals surface area contributed by atoms with Gasteiger partial charge in [-0.2, -0.15) is 0 Å². The molecule has 0 radical (unpaired) electrons. The van der Waals surface area contributed by atoms with Gasteiger partial charge in [0, 0.05) is 17.0 Å². The van der Waals surface area contributed by atoms with Crippen LogP contribution in [0.15, 0.2) is 28.8 Å². The second kappa shape index (κ2) is 7.56. The minimum Gasteiger partial charge on any atom is -0.405 e. The molecular weight excluding hydrogens is 399 g/mol. The lowest BCUT2D eigenvalue weighted by Crippen LogP contribution is -2.50. The van der Waals surface area contributed by atoms with E-state index in [0.717, 1.165) is 12.8 Å². The first kappa shape index (κ1) is 20.1. The predicted octanol–water partition coefficient (Wildman–Crippen LogP) is 4.63. The Morgan fingerprint density at radius 1 is 1.17 bits per heavy atom. The highest BCUT2D eigenvalue weighted by Crippen LogP contribution is 2.46. The number of alkyl halides is 5. The predicted molar refractivity (Wildman–Crippen MR) is 91.6 cm³/mol. The second-order valence-electron chi connectivity index (χ2n) is 7.22. The van der Waals surface area contributed by atoms with Crippen LogP contribution in [0.5, 0.6) is 5.75 Å². The van der Waals surface area contributed by atoms with Crippen LogP contribution in [0.3, 0.4) is 0 Å². The number of halogens is 5. The van der Waals surface area contributed by atoms with Gasteiger partial charge in [0.2, 0.25) is 0 Å². The lowest BCUT2D eigenvalue weighted by Gasteiger charge is -2.31. The van der Waals surface area contributed by atoms with Gasteiger partial charge < -0.3 is 19.3 Å². The zero-order chi connectivity index (χ0) is 20.6. The molecule has 1 aromatic heterocycles. The van der Waals surface area contributed by atoms with E-state index < -0.39 is 30.7 Å². The molecule has 29 heavy (non-hydrogen) atoms. The van der Waals surface area contributed by atoms with Gasteiger partial charge in [-0.3, -0.25) is 0 Å². The monoisotopic (exact) mass is 418 g/mol. The van der Waals surface area contributed by atoms with Gasteiger partial charge in [-0.05, 0) is 37.9 Å². The summed E-state index contributed by atoms with van der Waals surface area (Å²) in [5, 5.41) is 6.56. The lowest BCUT2D eigenvalue weighted by molar-refractivity contribution is -0.274. The van der Waals surface area contributed by atoms with Crippen molar-refractivity contribution in [3.8, 4) is 17.0 Å². The Kier molecular flexibility index (Phi) is 5.24. The Labute approximate surface area is 163 Å². The summed E-state index contributed by atoms with van der Waals surface area (Å²) in [7, 11) is 0. The molecule has 1 N–H and O–H groups in total. The van der Waals surface area contributed by atoms with Crippen LogP contribution in [0.2, 0.25) is 0 Å². The Morgan fingerprint density at radius 2 is 1.93 bits per heavy atom. The smallest absolute Gasteiger partial charge is 0.405 e. The number of hydrogen-bond acceptors (Lipinski definition) is 5. The number of aromatic nitrogens is 1. The average Bonchev–Trinajstić information content (AvgIpc) is 3.40. The van der Waals surface area contributed by atoms with E-state index in [4.69, 9.17) is 9.26 Å². The van der Waals surface area contributed by atoms with Crippen molar-refractivity contribution in [3.05, 3.63) is 35.6 Å². The maximum Gasteiger partial charge on any atom is 0.573 e. The zero-order valence-corrected chi connectivity index (χ0v) is 15.3. The molecule has 1 aromatic carbocycles. The van der Waals surface area contributed by atoms with Crippen LogP contribution >= 0.6 is 0 Å². The number of piperidine rings is 1. The number of nitrogens with one attached hydrogen (secondary N) is 1. The highest BCUT2D eigenvalue weighted by atomic mass is 19.4. The van der Waals surface area contributed by atoms with E-state index in [1.54, 1.807) is 0 Å². The number of ether oxygens (including phenoxy) is 2. The van der Waals surface area contributed by atoms with E-state index in [9.17, 15) is 22.0 Å². The number of hydrogen-bond donors (Lipinski definition) is 1. The molecule has 2 aromatic rings. The molecule has 10 heteroatoms. The number of benzene rings is 1. The summed E-state index contributed by atoms with van der Waals surface area (Å²) in [6, 6.07) is 5.52. The summed E-state index contributed by atoms with van der Waals surface area (Å²) in [5.41, 5.74) is 0.570. The van der Waals surface area contributed by atoms with Crippen molar-refractivity contribution < 1.29 is 35.9 Å². The molecule has 0 spiro atoms. The maximum atomic E-state index is 14.1. The molecule has 0 bridgehead atoms. The van der Waals surface area contributed by atoms with Gasteiger partial charge in [0.05, 0.1) is 13.2 Å². The standard InChI is InChI=1S/C19H19F5N2O3/c20-18(21)10-25-8-7-15(18)27-9-13-16(26-29-17(13)11-5-6-11)12-3-1-2-4-14(12)28-19(22,23)24/h1-4,11,15,25H,5-10H2. The minimum atomic E-state index is -4.88. The van der Waals surface area contributed by atoms with E-state index in [0.29, 0.717) is 17.9 Å². The summed E-state index contributed by atoms with van der Waals surface area (Å²) in [6.07, 6.45) is -4.37. The van der Waals surface area contributed by atoms with Gasteiger partial charge in [-0.25, -0.2) is 8.78 Å². The molecule has 5 nitrogen and oxygen atoms in total. The third-order valence-corrected chi connectivity index (χ3v) is 4.98. The zero-order valence-electron chi connectivity index (χ0n) is 15.3. The molecule has 2 aliphatic rings. The van der Waals surface area contributed by atoms with E-state index in [2.05, 4.69) is 15.2 Å². The molecule has 1 saturated carbocycles. The van der Waals surface area contributed by atoms with Crippen molar-refractivity contribution in [2.45, 2.75) is 50.2 Å². The van der Waals surface area contributed by atoms with Gasteiger partial charge in [-0.1, -0.05) is 17.3 Å². The highest BCUT2D eigenvalue weighted by molar-refractivity contribution is 5.70. The normalized spacial score (nSPS) is 21.9. The molecule has 0 amide bonds. The van der Waals surface area contributed by atoms with Crippen LogP contribution < -0.4 is 10.1 Å². The molecular formula is C19H19F5N2O3. The Hall–Kier alpha value is -2.20. The van der Waals surface area contributed by atoms with Gasteiger partial charge in [0.15, 0.2) is 0 Å². The molecule has 1 aliphatic heterocycles. The van der Waals surface area contributed by atoms with Gasteiger partial charge in [0.1, 0.15) is 23.3 Å². The first-order chi connectivity index (χ1) is 13.7. The number of rotatable bonds is 6. The summed E-state index contributed by atoms with van der Waals surface area (Å²) in [5.74, 6) is -2.94. The molecule has 2 heterocycles. The first-order valence-electron chi connectivity index (χ1n) is 9.28. The van der Waals surface area contributed by atoms with E-state index in [1.807, 2.05) is 0 Å². The molecule has 1 atom stereocenters. The fourth-order valence-electron chi connectivity index (χ4n) is 3.42. The molecule has 158 valence electrons. The van der Waals surface area contributed by atoms with Crippen LogP contribution in [-0.4, -0.2) is 36.6 Å². The van der Waals surface area contributed by atoms with Crippen molar-refractivity contribution >= 4 is 0 Å². The molecule has 4 rings (SSSR count). The fourth-order valence-corrected chi connectivity index (χ4v) is 3.42. The molecule has 2 fully saturated rings. The Balaban J connectivity index is 1.64. The molecule has 1 unspecified atom stereocenters. The van der Waals surface area contributed by atoms with Crippen molar-refractivity contribution in [2.75, 3.05) is 13.1 Å². The first-order valence-corrected chi connectivity index (χ1v) is 9.28. The van der Waals surface area contributed by atoms with Gasteiger partial charge in [0.25, 0.3) is 5.92 Å². The average molecular weight is 418 g/mol. The van der Waals surface area contributed by atoms with Crippen molar-refractivity contribution in [1.82, 2.24) is 10.5 Å². The minimum absolute atomic E-state index is 0.0659. The summed E-state index contributed by atoms with van der Waals surface area (Å²) >= 11 is 0. The largest absolute Gasteiger partial charge is 0.573 e. The SMILES string of the molecule is FC(F)(F)Oc1ccccc1-c1noc(C2CC2)c1COC1CCNCC1(F)F. The van der Waals surface area contributed by atoms with Crippen LogP contribution in [0, 0.1) is 0 Å². The second-order valence-corrected chi connectivity index (χ2v) is 7.22. The summed E-state index contributed by atoms with van der Waals surface area (Å²) < 4.78 is 81.5. The molecule has 1 aliphatic carbocycles. The summed E-state index contributed by atoms with van der Waals surface area (Å²) in [4.78, 5) is 0. The Bertz CT molecular complexity index is 864. The fraction of sp³-hybridized carbons (Fsp3) is 0.526. The third kappa shape index (κ3) is 4.53. The topological polar surface area (TPSA) is 56.5 Å². The van der Waals surface area contributed by atoms with Crippen LogP contribution in [0.1, 0.15) is 36.5 Å². The van der Waals surface area contributed by atoms with Gasteiger partial charge in [-0.15, -0.1) is 13.2 Å². The number of para-hydroxylation sites is 1. The quantitative estimate of drug-likeness (QED) is 0.694. The van der Waals surface area contributed by atoms with Crippen molar-refractivity contribution in [2.24, 2.45) is 0 Å². The maximum absolute atomic E-state index is 14.1. The number of nitrogens with zero attached hydrogens (tertiary/aromatic N) is 1. The van der Waals surface area contributed by atoms with Crippen LogP contribution in [0.4, 0.5) is 22.0 Å². The molecule has 1 saturated heterocycles. The van der Waals surface area contributed by atoms with Gasteiger partial charge >= 0.3 is 6.36 Å². The summed E-state index contributed by atoms with van der Waals surface area (Å²) in [6.45, 7) is -0.314.